The molecule has 0 rings (SSSR count). The molecule has 0 aliphatic carbocycles. The number of ether oxygens (including phenoxy) is 1. The molecule has 362 valence electrons. The standard InChI is InChI=1S/C44H88O.C7H17NO.2CH2O2/c1-5-9-25-33-42(34-26-10-6-2)37-29-21-17-13-15-19-23-31-39-44(41-45)40-32-24-20-16-14-18-22-30-38-43(35-27-11-7-3)36-28-12-8-4;1-4-8(2)6-5-7-9-3;2*2-1-3/h41-44H,5-40H2,1-4H3;4-7H2,1-3H3;2*1H,(H,2,3). The highest BCUT2D eigenvalue weighted by Crippen LogP contribution is 2.26. The van der Waals surface area contributed by atoms with E-state index in [1.165, 1.54) is 225 Å². The van der Waals surface area contributed by atoms with Crippen molar-refractivity contribution in [1.29, 1.82) is 0 Å². The van der Waals surface area contributed by atoms with Gasteiger partial charge in [-0.25, -0.2) is 0 Å². The van der Waals surface area contributed by atoms with E-state index < -0.39 is 0 Å². The van der Waals surface area contributed by atoms with Gasteiger partial charge in [-0.3, -0.25) is 9.59 Å². The molecule has 0 aliphatic heterocycles. The Morgan fingerprint density at radius 2 is 0.667 bits per heavy atom. The summed E-state index contributed by atoms with van der Waals surface area (Å²) in [6.07, 6.45) is 52.9. The Kier molecular flexibility index (Phi) is 67.1. The quantitative estimate of drug-likeness (QED) is 0.0464. The molecule has 7 nitrogen and oxygen atoms in total. The molecule has 0 saturated carbocycles. The third-order valence-corrected chi connectivity index (χ3v) is 12.4. The molecular formula is C53H109NO6. The van der Waals surface area contributed by atoms with Crippen molar-refractivity contribution in [3.05, 3.63) is 0 Å². The van der Waals surface area contributed by atoms with Crippen LogP contribution in [0.5, 0.6) is 0 Å². The lowest BCUT2D eigenvalue weighted by atomic mass is 9.90. The lowest BCUT2D eigenvalue weighted by molar-refractivity contribution is -0.123. The number of unbranched alkanes of at least 4 members (excludes halogenated alkanes) is 22. The molecule has 0 atom stereocenters. The summed E-state index contributed by atoms with van der Waals surface area (Å²) in [6, 6.07) is 0. The van der Waals surface area contributed by atoms with Crippen LogP contribution >= 0.6 is 0 Å². The van der Waals surface area contributed by atoms with Crippen molar-refractivity contribution >= 4 is 19.2 Å². The van der Waals surface area contributed by atoms with Crippen molar-refractivity contribution in [1.82, 2.24) is 4.90 Å². The Hall–Kier alpha value is -1.47. The van der Waals surface area contributed by atoms with Gasteiger partial charge < -0.3 is 24.6 Å². The Balaban J connectivity index is -0.000000885. The van der Waals surface area contributed by atoms with Crippen LogP contribution in [0, 0.1) is 17.8 Å². The number of carbonyl (C=O) groups is 3. The molecule has 0 aliphatic rings. The minimum Gasteiger partial charge on any atom is -0.483 e. The second-order valence-corrected chi connectivity index (χ2v) is 17.9. The molecule has 0 spiro atoms. The van der Waals surface area contributed by atoms with Crippen LogP contribution in [0.15, 0.2) is 0 Å². The summed E-state index contributed by atoms with van der Waals surface area (Å²) >= 11 is 0. The summed E-state index contributed by atoms with van der Waals surface area (Å²) < 4.78 is 4.91. The second kappa shape index (κ2) is 61.8. The Labute approximate surface area is 376 Å². The summed E-state index contributed by atoms with van der Waals surface area (Å²) in [4.78, 5) is 30.6. The molecule has 0 amide bonds. The topological polar surface area (TPSA) is 104 Å². The predicted octanol–water partition coefficient (Wildman–Crippen LogP) is 16.5. The third kappa shape index (κ3) is 60.8. The minimum absolute atomic E-state index is 0.250. The number of hydrogen-bond acceptors (Lipinski definition) is 5. The summed E-state index contributed by atoms with van der Waals surface area (Å²) in [6.45, 7) is 14.1. The number of nitrogens with zero attached hydrogens (tertiary/aromatic N) is 1. The second-order valence-electron chi connectivity index (χ2n) is 17.9. The van der Waals surface area contributed by atoms with Gasteiger partial charge in [-0.05, 0) is 44.7 Å². The van der Waals surface area contributed by atoms with E-state index in [0.717, 1.165) is 50.8 Å². The molecule has 0 saturated heterocycles. The van der Waals surface area contributed by atoms with Gasteiger partial charge in [0.1, 0.15) is 6.29 Å². The molecule has 0 bridgehead atoms. The van der Waals surface area contributed by atoms with Crippen LogP contribution in [0.3, 0.4) is 0 Å². The van der Waals surface area contributed by atoms with Crippen molar-refractivity contribution in [2.24, 2.45) is 17.8 Å². The van der Waals surface area contributed by atoms with Crippen molar-refractivity contribution in [2.45, 2.75) is 272 Å². The van der Waals surface area contributed by atoms with E-state index in [1.807, 2.05) is 0 Å². The van der Waals surface area contributed by atoms with Crippen LogP contribution in [0.2, 0.25) is 0 Å². The Morgan fingerprint density at radius 1 is 0.417 bits per heavy atom. The van der Waals surface area contributed by atoms with Crippen LogP contribution in [0.4, 0.5) is 0 Å². The normalized spacial score (nSPS) is 10.9. The number of aldehydes is 1. The molecule has 0 heterocycles. The van der Waals surface area contributed by atoms with E-state index >= 15 is 0 Å². The van der Waals surface area contributed by atoms with Crippen molar-refractivity contribution in [3.8, 4) is 0 Å². The summed E-state index contributed by atoms with van der Waals surface area (Å²) in [7, 11) is 3.86. The monoisotopic (exact) mass is 856 g/mol. The van der Waals surface area contributed by atoms with Crippen LogP contribution in [-0.2, 0) is 19.1 Å². The zero-order valence-corrected chi connectivity index (χ0v) is 41.7. The van der Waals surface area contributed by atoms with Crippen LogP contribution < -0.4 is 0 Å². The molecule has 0 unspecified atom stereocenters. The molecule has 7 heteroatoms. The fraction of sp³-hybridized carbons (Fsp3) is 0.943. The van der Waals surface area contributed by atoms with Crippen molar-refractivity contribution in [2.75, 3.05) is 33.9 Å². The number of methoxy groups -OCH3 is 1. The fourth-order valence-electron chi connectivity index (χ4n) is 8.32. The van der Waals surface area contributed by atoms with Gasteiger partial charge in [0.25, 0.3) is 12.9 Å². The molecule has 0 aromatic carbocycles. The maximum absolute atomic E-state index is 11.6. The van der Waals surface area contributed by atoms with Gasteiger partial charge in [-0.1, -0.05) is 253 Å². The van der Waals surface area contributed by atoms with E-state index in [2.05, 4.69) is 46.6 Å². The van der Waals surface area contributed by atoms with Gasteiger partial charge in [-0.2, -0.15) is 0 Å². The molecule has 0 aromatic rings. The van der Waals surface area contributed by atoms with Crippen LogP contribution in [-0.4, -0.2) is 68.2 Å². The maximum atomic E-state index is 11.6. The minimum atomic E-state index is -0.250. The van der Waals surface area contributed by atoms with Crippen LogP contribution in [0.1, 0.15) is 272 Å². The molecule has 0 radical (unpaired) electrons. The number of rotatable bonds is 44. The lowest BCUT2D eigenvalue weighted by Crippen LogP contribution is -2.19. The van der Waals surface area contributed by atoms with Gasteiger partial charge in [0.2, 0.25) is 0 Å². The highest BCUT2D eigenvalue weighted by molar-refractivity contribution is 5.53. The molecule has 0 fully saturated rings. The van der Waals surface area contributed by atoms with Gasteiger partial charge in [0, 0.05) is 26.2 Å². The fourth-order valence-corrected chi connectivity index (χ4v) is 8.32. The van der Waals surface area contributed by atoms with Gasteiger partial charge in [0.15, 0.2) is 0 Å². The van der Waals surface area contributed by atoms with Gasteiger partial charge in [0.05, 0.1) is 0 Å². The maximum Gasteiger partial charge on any atom is 0.290 e. The van der Waals surface area contributed by atoms with E-state index in [1.54, 1.807) is 7.11 Å². The molecular weight excluding hydrogens is 747 g/mol. The summed E-state index contributed by atoms with van der Waals surface area (Å²) in [5, 5.41) is 13.8. The van der Waals surface area contributed by atoms with E-state index in [9.17, 15) is 4.79 Å². The first-order chi connectivity index (χ1) is 29.3. The highest BCUT2D eigenvalue weighted by Gasteiger charge is 2.10. The Bertz CT molecular complexity index is 698. The number of carboxylic acid groups (broad SMARTS) is 2. The van der Waals surface area contributed by atoms with Crippen LogP contribution in [0.25, 0.3) is 0 Å². The predicted molar refractivity (Wildman–Crippen MR) is 262 cm³/mol. The van der Waals surface area contributed by atoms with E-state index in [-0.39, 0.29) is 12.9 Å². The highest BCUT2D eigenvalue weighted by atomic mass is 16.5. The average Bonchev–Trinajstić information content (AvgIpc) is 3.24. The van der Waals surface area contributed by atoms with Gasteiger partial charge in [-0.15, -0.1) is 0 Å². The summed E-state index contributed by atoms with van der Waals surface area (Å²) in [5.74, 6) is 2.34. The first kappa shape index (κ1) is 65.1. The first-order valence-electron chi connectivity index (χ1n) is 26.1. The largest absolute Gasteiger partial charge is 0.483 e. The molecule has 2 N–H and O–H groups in total. The van der Waals surface area contributed by atoms with E-state index in [4.69, 9.17) is 24.5 Å². The van der Waals surface area contributed by atoms with Crippen molar-refractivity contribution < 1.29 is 29.3 Å². The third-order valence-electron chi connectivity index (χ3n) is 12.4. The molecule has 0 aromatic heterocycles. The first-order valence-corrected chi connectivity index (χ1v) is 26.1. The van der Waals surface area contributed by atoms with E-state index in [0.29, 0.717) is 5.92 Å². The lowest BCUT2D eigenvalue weighted by Gasteiger charge is -2.16. The van der Waals surface area contributed by atoms with Gasteiger partial charge >= 0.3 is 0 Å². The summed E-state index contributed by atoms with van der Waals surface area (Å²) in [5.41, 5.74) is 0. The SMILES string of the molecule is CCCCCC(CCCCC)CCCCCCCCCCC(C=O)CCCCCCCCCCC(CCCCC)CCCCC.CCN(C)CCCOC.O=CO.O=CO. The zero-order chi connectivity index (χ0) is 45.4. The smallest absolute Gasteiger partial charge is 0.290 e. The number of carbonyl (C=O) groups excluding carboxylic acids is 1. The number of hydrogen-bond donors (Lipinski definition) is 2. The van der Waals surface area contributed by atoms with Crippen molar-refractivity contribution in [3.63, 3.8) is 0 Å². The average molecular weight is 856 g/mol. The zero-order valence-electron chi connectivity index (χ0n) is 41.7. The molecule has 60 heavy (non-hydrogen) atoms. The Morgan fingerprint density at radius 3 is 0.900 bits per heavy atom.